The SMILES string of the molecule is CCOC(=O)/C(C#N)=C\c1ccc(OCc2ccccc2C#N)c(OCC)c1. The van der Waals surface area contributed by atoms with Gasteiger partial charge < -0.3 is 14.2 Å². The smallest absolute Gasteiger partial charge is 0.348 e. The van der Waals surface area contributed by atoms with E-state index in [1.807, 2.05) is 25.1 Å². The highest BCUT2D eigenvalue weighted by molar-refractivity contribution is 5.97. The van der Waals surface area contributed by atoms with Crippen molar-refractivity contribution < 1.29 is 19.0 Å². The van der Waals surface area contributed by atoms with Crippen LogP contribution in [0, 0.1) is 22.7 Å². The minimum absolute atomic E-state index is 0.0964. The molecular weight excluding hydrogens is 356 g/mol. The number of carbonyl (C=O) groups is 1. The van der Waals surface area contributed by atoms with Crippen LogP contribution in [0.25, 0.3) is 6.08 Å². The Bertz CT molecular complexity index is 952. The predicted molar refractivity (Wildman–Crippen MR) is 103 cm³/mol. The Morgan fingerprint density at radius 2 is 1.82 bits per heavy atom. The number of esters is 1. The van der Waals surface area contributed by atoms with Crippen LogP contribution in [0.5, 0.6) is 11.5 Å². The van der Waals surface area contributed by atoms with Crippen LogP contribution in [0.2, 0.25) is 0 Å². The van der Waals surface area contributed by atoms with Crippen molar-refractivity contribution in [2.45, 2.75) is 20.5 Å². The molecule has 28 heavy (non-hydrogen) atoms. The summed E-state index contributed by atoms with van der Waals surface area (Å²) >= 11 is 0. The highest BCUT2D eigenvalue weighted by Gasteiger charge is 2.12. The van der Waals surface area contributed by atoms with Gasteiger partial charge >= 0.3 is 5.97 Å². The van der Waals surface area contributed by atoms with E-state index in [1.165, 1.54) is 6.08 Å². The van der Waals surface area contributed by atoms with E-state index in [9.17, 15) is 10.1 Å². The summed E-state index contributed by atoms with van der Waals surface area (Å²) in [4.78, 5) is 11.8. The van der Waals surface area contributed by atoms with E-state index < -0.39 is 5.97 Å². The van der Waals surface area contributed by atoms with Gasteiger partial charge in [0.2, 0.25) is 0 Å². The second kappa shape index (κ2) is 10.4. The second-order valence-corrected chi connectivity index (χ2v) is 5.59. The number of rotatable bonds is 8. The summed E-state index contributed by atoms with van der Waals surface area (Å²) in [6.45, 7) is 4.35. The third kappa shape index (κ3) is 5.36. The molecule has 0 N–H and O–H groups in total. The normalized spacial score (nSPS) is 10.5. The first-order valence-corrected chi connectivity index (χ1v) is 8.79. The van der Waals surface area contributed by atoms with Crippen molar-refractivity contribution >= 4 is 12.0 Å². The molecular formula is C22H20N2O4. The molecule has 0 radical (unpaired) electrons. The number of carbonyl (C=O) groups excluding carboxylic acids is 1. The summed E-state index contributed by atoms with van der Waals surface area (Å²) in [5.41, 5.74) is 1.83. The number of nitrogens with zero attached hydrogens (tertiary/aromatic N) is 2. The van der Waals surface area contributed by atoms with Gasteiger partial charge in [0, 0.05) is 5.56 Å². The standard InChI is InChI=1S/C22H20N2O4/c1-3-26-21-12-16(11-19(14-24)22(25)27-4-2)9-10-20(21)28-15-18-8-6-5-7-17(18)13-23/h5-12H,3-4,15H2,1-2H3/b19-11-. The highest BCUT2D eigenvalue weighted by Crippen LogP contribution is 2.30. The summed E-state index contributed by atoms with van der Waals surface area (Å²) in [5.74, 6) is 0.310. The molecule has 0 atom stereocenters. The van der Waals surface area contributed by atoms with Gasteiger partial charge in [0.25, 0.3) is 0 Å². The molecule has 2 aromatic carbocycles. The van der Waals surface area contributed by atoms with Gasteiger partial charge in [-0.3, -0.25) is 0 Å². The number of hydrogen-bond donors (Lipinski definition) is 0. The fraction of sp³-hybridized carbons (Fsp3) is 0.227. The van der Waals surface area contributed by atoms with Gasteiger partial charge in [-0.25, -0.2) is 4.79 Å². The van der Waals surface area contributed by atoms with Crippen molar-refractivity contribution in [2.24, 2.45) is 0 Å². The van der Waals surface area contributed by atoms with E-state index in [2.05, 4.69) is 6.07 Å². The number of benzene rings is 2. The molecule has 2 rings (SSSR count). The van der Waals surface area contributed by atoms with Crippen LogP contribution in [0.1, 0.15) is 30.5 Å². The largest absolute Gasteiger partial charge is 0.490 e. The lowest BCUT2D eigenvalue weighted by Crippen LogP contribution is -2.06. The van der Waals surface area contributed by atoms with Crippen molar-refractivity contribution in [3.05, 3.63) is 64.7 Å². The number of ether oxygens (including phenoxy) is 3. The van der Waals surface area contributed by atoms with Crippen LogP contribution in [-0.4, -0.2) is 19.2 Å². The zero-order valence-corrected chi connectivity index (χ0v) is 15.8. The maximum absolute atomic E-state index is 11.8. The summed E-state index contributed by atoms with van der Waals surface area (Å²) in [6, 6.07) is 16.3. The quantitative estimate of drug-likeness (QED) is 0.393. The molecule has 0 saturated heterocycles. The van der Waals surface area contributed by atoms with Crippen LogP contribution in [-0.2, 0) is 16.1 Å². The Morgan fingerprint density at radius 1 is 1.04 bits per heavy atom. The van der Waals surface area contributed by atoms with Crippen LogP contribution >= 0.6 is 0 Å². The average Bonchev–Trinajstić information content (AvgIpc) is 2.72. The molecule has 6 nitrogen and oxygen atoms in total. The molecule has 0 aliphatic heterocycles. The molecule has 0 spiro atoms. The van der Waals surface area contributed by atoms with Gasteiger partial charge in [-0.2, -0.15) is 10.5 Å². The Morgan fingerprint density at radius 3 is 2.50 bits per heavy atom. The lowest BCUT2D eigenvalue weighted by Gasteiger charge is -2.13. The Hall–Kier alpha value is -3.77. The first-order chi connectivity index (χ1) is 13.6. The molecule has 6 heteroatoms. The van der Waals surface area contributed by atoms with Crippen molar-refractivity contribution in [3.63, 3.8) is 0 Å². The van der Waals surface area contributed by atoms with E-state index in [0.717, 1.165) is 5.56 Å². The zero-order valence-electron chi connectivity index (χ0n) is 15.8. The molecule has 0 aliphatic carbocycles. The maximum atomic E-state index is 11.8. The van der Waals surface area contributed by atoms with Gasteiger partial charge in [-0.1, -0.05) is 24.3 Å². The maximum Gasteiger partial charge on any atom is 0.348 e. The van der Waals surface area contributed by atoms with Gasteiger partial charge in [0.05, 0.1) is 24.8 Å². The molecule has 0 aliphatic rings. The molecule has 0 saturated carbocycles. The number of hydrogen-bond acceptors (Lipinski definition) is 6. The first-order valence-electron chi connectivity index (χ1n) is 8.79. The van der Waals surface area contributed by atoms with Gasteiger partial charge in [-0.05, 0) is 43.7 Å². The fourth-order valence-electron chi connectivity index (χ4n) is 2.43. The highest BCUT2D eigenvalue weighted by atomic mass is 16.5. The van der Waals surface area contributed by atoms with Gasteiger partial charge in [-0.15, -0.1) is 0 Å². The Balaban J connectivity index is 2.26. The van der Waals surface area contributed by atoms with E-state index in [1.54, 1.807) is 37.3 Å². The van der Waals surface area contributed by atoms with E-state index >= 15 is 0 Å². The molecule has 2 aromatic rings. The predicted octanol–water partition coefficient (Wildman–Crippen LogP) is 4.01. The van der Waals surface area contributed by atoms with Crippen LogP contribution in [0.15, 0.2) is 48.0 Å². The lowest BCUT2D eigenvalue weighted by atomic mass is 10.1. The third-order valence-corrected chi connectivity index (χ3v) is 3.72. The van der Waals surface area contributed by atoms with Crippen molar-refractivity contribution in [1.82, 2.24) is 0 Å². The summed E-state index contributed by atoms with van der Waals surface area (Å²) < 4.78 is 16.3. The molecule has 0 fully saturated rings. The van der Waals surface area contributed by atoms with E-state index in [-0.39, 0.29) is 18.8 Å². The minimum atomic E-state index is -0.670. The topological polar surface area (TPSA) is 92.3 Å². The van der Waals surface area contributed by atoms with E-state index in [4.69, 9.17) is 19.5 Å². The number of nitriles is 2. The summed E-state index contributed by atoms with van der Waals surface area (Å²) in [6.07, 6.45) is 1.44. The third-order valence-electron chi connectivity index (χ3n) is 3.72. The summed E-state index contributed by atoms with van der Waals surface area (Å²) in [7, 11) is 0. The van der Waals surface area contributed by atoms with Crippen LogP contribution in [0.3, 0.4) is 0 Å². The zero-order chi connectivity index (χ0) is 20.4. The van der Waals surface area contributed by atoms with Crippen molar-refractivity contribution in [2.75, 3.05) is 13.2 Å². The molecule has 142 valence electrons. The Labute approximate surface area is 164 Å². The first kappa shape index (κ1) is 20.5. The monoisotopic (exact) mass is 376 g/mol. The molecule has 0 amide bonds. The Kier molecular flexibility index (Phi) is 7.63. The summed E-state index contributed by atoms with van der Waals surface area (Å²) in [5, 5.41) is 18.4. The molecule has 0 heterocycles. The minimum Gasteiger partial charge on any atom is -0.490 e. The van der Waals surface area contributed by atoms with Crippen molar-refractivity contribution in [3.8, 4) is 23.6 Å². The van der Waals surface area contributed by atoms with Gasteiger partial charge in [0.1, 0.15) is 18.2 Å². The van der Waals surface area contributed by atoms with Crippen LogP contribution in [0.4, 0.5) is 0 Å². The second-order valence-electron chi connectivity index (χ2n) is 5.59. The average molecular weight is 376 g/mol. The lowest BCUT2D eigenvalue weighted by molar-refractivity contribution is -0.137. The van der Waals surface area contributed by atoms with Crippen LogP contribution < -0.4 is 9.47 Å². The molecule has 0 aromatic heterocycles. The molecule has 0 unspecified atom stereocenters. The molecule has 0 bridgehead atoms. The fourth-order valence-corrected chi connectivity index (χ4v) is 2.43. The van der Waals surface area contributed by atoms with Gasteiger partial charge in [0.15, 0.2) is 11.5 Å². The van der Waals surface area contributed by atoms with Crippen molar-refractivity contribution in [1.29, 1.82) is 10.5 Å². The van der Waals surface area contributed by atoms with E-state index in [0.29, 0.717) is 29.2 Å².